The fourth-order valence-corrected chi connectivity index (χ4v) is 2.42. The van der Waals surface area contributed by atoms with E-state index in [-0.39, 0.29) is 5.75 Å². The second-order valence-electron chi connectivity index (χ2n) is 3.28. The standard InChI is InChI=1S/C10H12ClNO4S/c1-2-17(15,16)12(7-10(13)14)9-5-3-8(11)4-6-9/h3-6H,2,7H2,1H3,(H,13,14). The zero-order valence-electron chi connectivity index (χ0n) is 9.13. The molecule has 0 atom stereocenters. The van der Waals surface area contributed by atoms with Crippen molar-refractivity contribution in [1.29, 1.82) is 0 Å². The van der Waals surface area contributed by atoms with E-state index in [9.17, 15) is 13.2 Å². The van der Waals surface area contributed by atoms with Crippen molar-refractivity contribution >= 4 is 33.3 Å². The molecule has 0 aliphatic rings. The summed E-state index contributed by atoms with van der Waals surface area (Å²) in [6, 6.07) is 5.96. The molecule has 0 aliphatic carbocycles. The number of anilines is 1. The van der Waals surface area contributed by atoms with Crippen LogP contribution in [0.3, 0.4) is 0 Å². The van der Waals surface area contributed by atoms with Crippen LogP contribution in [0.5, 0.6) is 0 Å². The predicted molar refractivity (Wildman–Crippen MR) is 65.9 cm³/mol. The third-order valence-electron chi connectivity index (χ3n) is 2.09. The molecule has 17 heavy (non-hydrogen) atoms. The van der Waals surface area contributed by atoms with Crippen molar-refractivity contribution in [3.63, 3.8) is 0 Å². The lowest BCUT2D eigenvalue weighted by molar-refractivity contribution is -0.135. The molecule has 0 amide bonds. The minimum Gasteiger partial charge on any atom is -0.480 e. The number of halogens is 1. The molecule has 94 valence electrons. The van der Waals surface area contributed by atoms with Gasteiger partial charge in [-0.05, 0) is 31.2 Å². The number of hydrogen-bond donors (Lipinski definition) is 1. The monoisotopic (exact) mass is 277 g/mol. The van der Waals surface area contributed by atoms with Gasteiger partial charge in [-0.2, -0.15) is 0 Å². The Bertz CT molecular complexity index is 498. The predicted octanol–water partition coefficient (Wildman–Crippen LogP) is 1.58. The summed E-state index contributed by atoms with van der Waals surface area (Å²) in [6.07, 6.45) is 0. The topological polar surface area (TPSA) is 74.7 Å². The van der Waals surface area contributed by atoms with E-state index in [1.54, 1.807) is 0 Å². The van der Waals surface area contributed by atoms with E-state index in [0.29, 0.717) is 10.7 Å². The third kappa shape index (κ3) is 3.61. The van der Waals surface area contributed by atoms with Gasteiger partial charge in [0, 0.05) is 5.02 Å². The zero-order valence-corrected chi connectivity index (χ0v) is 10.7. The summed E-state index contributed by atoms with van der Waals surface area (Å²) in [7, 11) is -3.61. The van der Waals surface area contributed by atoms with Crippen molar-refractivity contribution in [1.82, 2.24) is 0 Å². The van der Waals surface area contributed by atoms with Crippen molar-refractivity contribution in [2.45, 2.75) is 6.92 Å². The van der Waals surface area contributed by atoms with E-state index >= 15 is 0 Å². The molecule has 0 saturated heterocycles. The van der Waals surface area contributed by atoms with Crippen LogP contribution in [0.15, 0.2) is 24.3 Å². The Balaban J connectivity index is 3.15. The van der Waals surface area contributed by atoms with E-state index in [4.69, 9.17) is 16.7 Å². The third-order valence-corrected chi connectivity index (χ3v) is 4.09. The second kappa shape index (κ2) is 5.37. The number of carboxylic acids is 1. The highest BCUT2D eigenvalue weighted by atomic mass is 35.5. The van der Waals surface area contributed by atoms with Gasteiger partial charge in [0.2, 0.25) is 10.0 Å². The Labute approximate surface area is 105 Å². The largest absolute Gasteiger partial charge is 0.480 e. The van der Waals surface area contributed by atoms with Gasteiger partial charge in [-0.3, -0.25) is 9.10 Å². The van der Waals surface area contributed by atoms with E-state index in [1.165, 1.54) is 31.2 Å². The van der Waals surface area contributed by atoms with Crippen LogP contribution < -0.4 is 4.31 Å². The zero-order chi connectivity index (χ0) is 13.1. The van der Waals surface area contributed by atoms with Crippen LogP contribution in [0, 0.1) is 0 Å². The summed E-state index contributed by atoms with van der Waals surface area (Å²) in [5, 5.41) is 9.18. The van der Waals surface area contributed by atoms with Gasteiger partial charge in [0.1, 0.15) is 6.54 Å². The van der Waals surface area contributed by atoms with Gasteiger partial charge >= 0.3 is 5.97 Å². The quantitative estimate of drug-likeness (QED) is 0.887. The van der Waals surface area contributed by atoms with Crippen molar-refractivity contribution in [3.8, 4) is 0 Å². The van der Waals surface area contributed by atoms with Crippen LogP contribution in [0.2, 0.25) is 5.02 Å². The minimum absolute atomic E-state index is 0.164. The molecule has 0 radical (unpaired) electrons. The van der Waals surface area contributed by atoms with Gasteiger partial charge in [-0.25, -0.2) is 8.42 Å². The molecular formula is C10H12ClNO4S. The summed E-state index contributed by atoms with van der Waals surface area (Å²) in [4.78, 5) is 10.7. The fraction of sp³-hybridized carbons (Fsp3) is 0.300. The van der Waals surface area contributed by atoms with Crippen LogP contribution >= 0.6 is 11.6 Å². The minimum atomic E-state index is -3.61. The van der Waals surface area contributed by atoms with E-state index in [1.807, 2.05) is 0 Å². The van der Waals surface area contributed by atoms with Crippen LogP contribution in [-0.4, -0.2) is 31.8 Å². The maximum absolute atomic E-state index is 11.7. The van der Waals surface area contributed by atoms with E-state index in [2.05, 4.69) is 0 Å². The van der Waals surface area contributed by atoms with Crippen molar-refractivity contribution in [2.24, 2.45) is 0 Å². The number of carboxylic acid groups (broad SMARTS) is 1. The Morgan fingerprint density at radius 2 is 1.88 bits per heavy atom. The van der Waals surface area contributed by atoms with Crippen molar-refractivity contribution in [3.05, 3.63) is 29.3 Å². The Kier molecular flexibility index (Phi) is 4.36. The highest BCUT2D eigenvalue weighted by Gasteiger charge is 2.22. The fourth-order valence-electron chi connectivity index (χ4n) is 1.24. The average Bonchev–Trinajstić information content (AvgIpc) is 2.27. The van der Waals surface area contributed by atoms with Gasteiger partial charge in [0.15, 0.2) is 0 Å². The number of sulfonamides is 1. The first-order valence-corrected chi connectivity index (χ1v) is 6.83. The Morgan fingerprint density at radius 3 is 2.29 bits per heavy atom. The second-order valence-corrected chi connectivity index (χ2v) is 5.90. The normalized spacial score (nSPS) is 11.2. The number of rotatable bonds is 5. The molecule has 0 fully saturated rings. The maximum atomic E-state index is 11.7. The maximum Gasteiger partial charge on any atom is 0.324 e. The number of hydrogen-bond acceptors (Lipinski definition) is 3. The summed E-state index contributed by atoms with van der Waals surface area (Å²) in [5.41, 5.74) is 0.290. The molecule has 1 N–H and O–H groups in total. The van der Waals surface area contributed by atoms with Crippen LogP contribution in [-0.2, 0) is 14.8 Å². The number of aliphatic carboxylic acids is 1. The number of benzene rings is 1. The first-order valence-electron chi connectivity index (χ1n) is 4.84. The summed E-state index contributed by atoms with van der Waals surface area (Å²) in [6.45, 7) is 0.859. The molecule has 7 heteroatoms. The first-order chi connectivity index (χ1) is 7.86. The summed E-state index contributed by atoms with van der Waals surface area (Å²) in [5.74, 6) is -1.37. The molecule has 0 heterocycles. The van der Waals surface area contributed by atoms with E-state index in [0.717, 1.165) is 4.31 Å². The molecule has 0 saturated carbocycles. The lowest BCUT2D eigenvalue weighted by Crippen LogP contribution is -2.36. The van der Waals surface area contributed by atoms with Crippen molar-refractivity contribution < 1.29 is 18.3 Å². The molecular weight excluding hydrogens is 266 g/mol. The van der Waals surface area contributed by atoms with Gasteiger partial charge in [0.25, 0.3) is 0 Å². The van der Waals surface area contributed by atoms with E-state index < -0.39 is 22.5 Å². The highest BCUT2D eigenvalue weighted by Crippen LogP contribution is 2.20. The Hall–Kier alpha value is -1.27. The Morgan fingerprint density at radius 1 is 1.35 bits per heavy atom. The molecule has 0 aliphatic heterocycles. The molecule has 5 nitrogen and oxygen atoms in total. The lowest BCUT2D eigenvalue weighted by Gasteiger charge is -2.21. The molecule has 0 spiro atoms. The molecule has 1 aromatic carbocycles. The summed E-state index contributed by atoms with van der Waals surface area (Å²) < 4.78 is 24.4. The average molecular weight is 278 g/mol. The smallest absolute Gasteiger partial charge is 0.324 e. The molecule has 0 aromatic heterocycles. The molecule has 0 unspecified atom stereocenters. The van der Waals surface area contributed by atoms with Gasteiger partial charge in [0.05, 0.1) is 11.4 Å². The van der Waals surface area contributed by atoms with Gasteiger partial charge < -0.3 is 5.11 Å². The lowest BCUT2D eigenvalue weighted by atomic mass is 10.3. The van der Waals surface area contributed by atoms with Crippen molar-refractivity contribution in [2.75, 3.05) is 16.6 Å². The highest BCUT2D eigenvalue weighted by molar-refractivity contribution is 7.92. The van der Waals surface area contributed by atoms with Gasteiger partial charge in [-0.1, -0.05) is 11.6 Å². The van der Waals surface area contributed by atoms with Crippen LogP contribution in [0.25, 0.3) is 0 Å². The van der Waals surface area contributed by atoms with Crippen LogP contribution in [0.4, 0.5) is 5.69 Å². The van der Waals surface area contributed by atoms with Gasteiger partial charge in [-0.15, -0.1) is 0 Å². The molecule has 1 aromatic rings. The molecule has 0 bridgehead atoms. The summed E-state index contributed by atoms with van der Waals surface area (Å²) >= 11 is 5.69. The first kappa shape index (κ1) is 13.8. The SMILES string of the molecule is CCS(=O)(=O)N(CC(=O)O)c1ccc(Cl)cc1. The van der Waals surface area contributed by atoms with Crippen LogP contribution in [0.1, 0.15) is 6.92 Å². The number of carbonyl (C=O) groups is 1. The molecule has 1 rings (SSSR count). The number of nitrogens with zero attached hydrogens (tertiary/aromatic N) is 1.